The molecular weight excluding hydrogens is 228 g/mol. The zero-order chi connectivity index (χ0) is 12.6. The molecule has 0 fully saturated rings. The lowest BCUT2D eigenvalue weighted by atomic mass is 10.1. The van der Waals surface area contributed by atoms with E-state index in [0.717, 1.165) is 0 Å². The number of rotatable bonds is 13. The van der Waals surface area contributed by atoms with E-state index < -0.39 is 0 Å². The Morgan fingerprint density at radius 1 is 0.647 bits per heavy atom. The van der Waals surface area contributed by atoms with Crippen molar-refractivity contribution in [2.75, 3.05) is 5.88 Å². The number of hydrogen-bond acceptors (Lipinski definition) is 0. The van der Waals surface area contributed by atoms with E-state index in [0.29, 0.717) is 5.88 Å². The Morgan fingerprint density at radius 2 is 1.12 bits per heavy atom. The van der Waals surface area contributed by atoms with Gasteiger partial charge in [0.2, 0.25) is 0 Å². The van der Waals surface area contributed by atoms with E-state index in [4.69, 9.17) is 11.6 Å². The first-order chi connectivity index (χ1) is 8.41. The lowest BCUT2D eigenvalue weighted by molar-refractivity contribution is 0.550. The molecule has 17 heavy (non-hydrogen) atoms. The van der Waals surface area contributed by atoms with Crippen molar-refractivity contribution in [2.24, 2.45) is 0 Å². The molecule has 1 heteroatoms. The maximum absolute atomic E-state index is 5.56. The molecular formula is C16H31Cl. The SMILES string of the molecule is CCCCCCCCCCCCCC=CCCl. The molecule has 0 unspecified atom stereocenters. The van der Waals surface area contributed by atoms with Gasteiger partial charge < -0.3 is 0 Å². The quantitative estimate of drug-likeness (QED) is 0.201. The predicted octanol–water partition coefficient (Wildman–Crippen LogP) is 6.48. The average Bonchev–Trinajstić information content (AvgIpc) is 2.35. The van der Waals surface area contributed by atoms with E-state index in [2.05, 4.69) is 19.1 Å². The molecule has 0 aliphatic rings. The normalized spacial score (nSPS) is 11.4. The molecule has 0 spiro atoms. The highest BCUT2D eigenvalue weighted by molar-refractivity contribution is 6.18. The van der Waals surface area contributed by atoms with E-state index in [1.165, 1.54) is 77.0 Å². The minimum atomic E-state index is 0.665. The van der Waals surface area contributed by atoms with Crippen molar-refractivity contribution in [2.45, 2.75) is 84.0 Å². The molecule has 0 nitrogen and oxygen atoms in total. The smallest absolute Gasteiger partial charge is 0.0404 e. The molecule has 0 atom stereocenters. The number of halogens is 1. The Morgan fingerprint density at radius 3 is 1.59 bits per heavy atom. The number of hydrogen-bond donors (Lipinski definition) is 0. The van der Waals surface area contributed by atoms with Crippen LogP contribution in [0.5, 0.6) is 0 Å². The summed E-state index contributed by atoms with van der Waals surface area (Å²) in [6.07, 6.45) is 21.1. The summed E-state index contributed by atoms with van der Waals surface area (Å²) in [6, 6.07) is 0. The summed E-state index contributed by atoms with van der Waals surface area (Å²) >= 11 is 5.56. The van der Waals surface area contributed by atoms with Gasteiger partial charge in [-0.15, -0.1) is 11.6 Å². The van der Waals surface area contributed by atoms with Gasteiger partial charge in [-0.25, -0.2) is 0 Å². The molecule has 0 bridgehead atoms. The summed E-state index contributed by atoms with van der Waals surface area (Å²) in [6.45, 7) is 2.28. The number of unbranched alkanes of at least 4 members (excludes halogenated alkanes) is 11. The van der Waals surface area contributed by atoms with Crippen LogP contribution in [0.4, 0.5) is 0 Å². The Labute approximate surface area is 114 Å². The molecule has 0 heterocycles. The lowest BCUT2D eigenvalue weighted by Crippen LogP contribution is -1.82. The van der Waals surface area contributed by atoms with E-state index in [1.54, 1.807) is 0 Å². The highest BCUT2D eigenvalue weighted by Gasteiger charge is 1.92. The van der Waals surface area contributed by atoms with Gasteiger partial charge in [-0.05, 0) is 12.8 Å². The highest BCUT2D eigenvalue weighted by Crippen LogP contribution is 2.11. The van der Waals surface area contributed by atoms with Crippen LogP contribution in [0, 0.1) is 0 Å². The van der Waals surface area contributed by atoms with Crippen LogP contribution < -0.4 is 0 Å². The van der Waals surface area contributed by atoms with Gasteiger partial charge >= 0.3 is 0 Å². The molecule has 0 radical (unpaired) electrons. The summed E-state index contributed by atoms with van der Waals surface area (Å²) in [7, 11) is 0. The van der Waals surface area contributed by atoms with Gasteiger partial charge in [-0.3, -0.25) is 0 Å². The van der Waals surface area contributed by atoms with Gasteiger partial charge in [-0.2, -0.15) is 0 Å². The summed E-state index contributed by atoms with van der Waals surface area (Å²) in [4.78, 5) is 0. The predicted molar refractivity (Wildman–Crippen MR) is 80.9 cm³/mol. The standard InChI is InChI=1S/C16H31Cl/c1-2-3-4-5-6-7-8-9-10-11-12-13-14-15-16-17/h14-15H,2-13,16H2,1H3. The molecule has 0 aliphatic heterocycles. The fourth-order valence-corrected chi connectivity index (χ4v) is 2.23. The molecule has 0 aliphatic carbocycles. The summed E-state index contributed by atoms with van der Waals surface area (Å²) in [5.74, 6) is 0.665. The van der Waals surface area contributed by atoms with Crippen LogP contribution in [0.15, 0.2) is 12.2 Å². The maximum Gasteiger partial charge on any atom is 0.0404 e. The first-order valence-corrected chi connectivity index (χ1v) is 8.16. The lowest BCUT2D eigenvalue weighted by Gasteiger charge is -2.01. The van der Waals surface area contributed by atoms with Crippen molar-refractivity contribution >= 4 is 11.6 Å². The molecule has 0 aromatic carbocycles. The Bertz CT molecular complexity index is 152. The second kappa shape index (κ2) is 16.0. The Hall–Kier alpha value is 0.0300. The van der Waals surface area contributed by atoms with Crippen molar-refractivity contribution in [3.63, 3.8) is 0 Å². The van der Waals surface area contributed by atoms with Crippen LogP contribution in [0.1, 0.15) is 84.0 Å². The summed E-state index contributed by atoms with van der Waals surface area (Å²) in [5, 5.41) is 0. The van der Waals surface area contributed by atoms with Crippen LogP contribution in [-0.2, 0) is 0 Å². The second-order valence-electron chi connectivity index (χ2n) is 4.95. The van der Waals surface area contributed by atoms with Crippen molar-refractivity contribution in [1.82, 2.24) is 0 Å². The van der Waals surface area contributed by atoms with Crippen molar-refractivity contribution in [1.29, 1.82) is 0 Å². The average molecular weight is 259 g/mol. The van der Waals surface area contributed by atoms with Crippen molar-refractivity contribution < 1.29 is 0 Å². The number of allylic oxidation sites excluding steroid dienone is 2. The third-order valence-electron chi connectivity index (χ3n) is 3.23. The summed E-state index contributed by atoms with van der Waals surface area (Å²) < 4.78 is 0. The van der Waals surface area contributed by atoms with E-state index >= 15 is 0 Å². The molecule has 0 saturated carbocycles. The Kier molecular flexibility index (Phi) is 16.1. The fraction of sp³-hybridized carbons (Fsp3) is 0.875. The monoisotopic (exact) mass is 258 g/mol. The van der Waals surface area contributed by atoms with Gasteiger partial charge in [0, 0.05) is 5.88 Å². The van der Waals surface area contributed by atoms with Crippen LogP contribution in [0.2, 0.25) is 0 Å². The zero-order valence-corrected chi connectivity index (χ0v) is 12.5. The van der Waals surface area contributed by atoms with E-state index in [-0.39, 0.29) is 0 Å². The van der Waals surface area contributed by atoms with E-state index in [1.807, 2.05) is 0 Å². The fourth-order valence-electron chi connectivity index (χ4n) is 2.11. The molecule has 0 aromatic heterocycles. The number of alkyl halides is 1. The highest BCUT2D eigenvalue weighted by atomic mass is 35.5. The molecule has 0 rings (SSSR count). The van der Waals surface area contributed by atoms with Crippen molar-refractivity contribution in [3.8, 4) is 0 Å². The van der Waals surface area contributed by atoms with Crippen LogP contribution >= 0.6 is 11.6 Å². The largest absolute Gasteiger partial charge is 0.122 e. The third-order valence-corrected chi connectivity index (χ3v) is 3.41. The van der Waals surface area contributed by atoms with Gasteiger partial charge in [0.05, 0.1) is 0 Å². The minimum Gasteiger partial charge on any atom is -0.122 e. The van der Waals surface area contributed by atoms with Gasteiger partial charge in [-0.1, -0.05) is 83.3 Å². The molecule has 0 N–H and O–H groups in total. The van der Waals surface area contributed by atoms with Crippen LogP contribution in [0.25, 0.3) is 0 Å². The molecule has 102 valence electrons. The van der Waals surface area contributed by atoms with Gasteiger partial charge in [0.15, 0.2) is 0 Å². The van der Waals surface area contributed by atoms with Crippen molar-refractivity contribution in [3.05, 3.63) is 12.2 Å². The van der Waals surface area contributed by atoms with E-state index in [9.17, 15) is 0 Å². The van der Waals surface area contributed by atoms with Gasteiger partial charge in [0.1, 0.15) is 0 Å². The first kappa shape index (κ1) is 17.0. The molecule has 0 aromatic rings. The molecule has 0 saturated heterocycles. The topological polar surface area (TPSA) is 0 Å². The minimum absolute atomic E-state index is 0.665. The maximum atomic E-state index is 5.56. The van der Waals surface area contributed by atoms with Crippen LogP contribution in [0.3, 0.4) is 0 Å². The zero-order valence-electron chi connectivity index (χ0n) is 11.7. The first-order valence-electron chi connectivity index (χ1n) is 7.62. The Balaban J connectivity index is 2.91. The third kappa shape index (κ3) is 16.0. The van der Waals surface area contributed by atoms with Gasteiger partial charge in [0.25, 0.3) is 0 Å². The summed E-state index contributed by atoms with van der Waals surface area (Å²) in [5.41, 5.74) is 0. The second-order valence-corrected chi connectivity index (χ2v) is 5.26. The van der Waals surface area contributed by atoms with Crippen LogP contribution in [-0.4, -0.2) is 5.88 Å². The molecule has 0 amide bonds.